The Morgan fingerprint density at radius 3 is 2.83 bits per heavy atom. The van der Waals surface area contributed by atoms with Gasteiger partial charge in [-0.05, 0) is 18.2 Å². The van der Waals surface area contributed by atoms with E-state index in [-0.39, 0.29) is 5.56 Å². The molecule has 0 unspecified atom stereocenters. The number of benzene rings is 1. The molecule has 0 fully saturated rings. The Morgan fingerprint density at radius 1 is 1.33 bits per heavy atom. The first-order valence-electron chi connectivity index (χ1n) is 5.12. The average molecular weight is 258 g/mol. The van der Waals surface area contributed by atoms with Gasteiger partial charge in [-0.25, -0.2) is 0 Å². The van der Waals surface area contributed by atoms with Gasteiger partial charge in [0.1, 0.15) is 6.07 Å². The van der Waals surface area contributed by atoms with Gasteiger partial charge in [-0.2, -0.15) is 5.26 Å². The third-order valence-corrected chi connectivity index (χ3v) is 2.64. The second kappa shape index (κ2) is 5.30. The number of halogens is 1. The summed E-state index contributed by atoms with van der Waals surface area (Å²) >= 11 is 5.89. The maximum atomic E-state index is 12.0. The van der Waals surface area contributed by atoms with Crippen LogP contribution < -0.4 is 5.32 Å². The number of carbonyl (C=O) groups is 1. The van der Waals surface area contributed by atoms with E-state index >= 15 is 0 Å². The number of nitrogens with zero attached hydrogens (tertiary/aromatic N) is 2. The van der Waals surface area contributed by atoms with Gasteiger partial charge in [0.15, 0.2) is 0 Å². The second-order valence-corrected chi connectivity index (χ2v) is 3.87. The van der Waals surface area contributed by atoms with Gasteiger partial charge in [-0.15, -0.1) is 0 Å². The van der Waals surface area contributed by atoms with Crippen molar-refractivity contribution in [2.45, 2.75) is 0 Å². The lowest BCUT2D eigenvalue weighted by atomic mass is 10.2. The van der Waals surface area contributed by atoms with Gasteiger partial charge in [0.25, 0.3) is 5.91 Å². The first kappa shape index (κ1) is 12.1. The van der Waals surface area contributed by atoms with Crippen molar-refractivity contribution in [2.24, 2.45) is 0 Å². The van der Waals surface area contributed by atoms with Crippen LogP contribution in [0.3, 0.4) is 0 Å². The highest BCUT2D eigenvalue weighted by Crippen LogP contribution is 2.18. The number of pyridine rings is 1. The maximum Gasteiger partial charge on any atom is 0.258 e. The molecule has 1 aromatic heterocycles. The average Bonchev–Trinajstić information content (AvgIpc) is 2.39. The molecule has 2 aromatic rings. The first-order chi connectivity index (χ1) is 8.72. The molecule has 1 amide bonds. The molecule has 0 spiro atoms. The van der Waals surface area contributed by atoms with Gasteiger partial charge in [-0.1, -0.05) is 23.7 Å². The fraction of sp³-hybridized carbons (Fsp3) is 0. The van der Waals surface area contributed by atoms with E-state index in [4.69, 9.17) is 16.9 Å². The Labute approximate surface area is 109 Å². The van der Waals surface area contributed by atoms with Crippen molar-refractivity contribution in [3.63, 3.8) is 0 Å². The molecule has 5 heteroatoms. The number of hydrogen-bond donors (Lipinski definition) is 1. The Hall–Kier alpha value is -2.38. The molecule has 1 N–H and O–H groups in total. The van der Waals surface area contributed by atoms with Gasteiger partial charge < -0.3 is 5.32 Å². The normalized spacial score (nSPS) is 9.56. The summed E-state index contributed by atoms with van der Waals surface area (Å²) in [4.78, 5) is 15.8. The molecule has 0 radical (unpaired) electrons. The van der Waals surface area contributed by atoms with Crippen LogP contribution in [-0.2, 0) is 0 Å². The van der Waals surface area contributed by atoms with E-state index in [0.717, 1.165) is 0 Å². The third-order valence-electron chi connectivity index (χ3n) is 2.31. The number of para-hydroxylation sites is 1. The summed E-state index contributed by atoms with van der Waals surface area (Å²) in [5.41, 5.74) is 1.11. The van der Waals surface area contributed by atoms with Crippen LogP contribution in [0.4, 0.5) is 5.69 Å². The topological polar surface area (TPSA) is 65.8 Å². The van der Waals surface area contributed by atoms with Crippen molar-refractivity contribution in [1.29, 1.82) is 5.26 Å². The fourth-order valence-electron chi connectivity index (χ4n) is 1.42. The van der Waals surface area contributed by atoms with E-state index in [1.54, 1.807) is 24.3 Å². The van der Waals surface area contributed by atoms with Crippen LogP contribution in [0.5, 0.6) is 0 Å². The molecule has 1 aromatic carbocycles. The minimum Gasteiger partial charge on any atom is -0.321 e. The molecular weight excluding hydrogens is 250 g/mol. The smallest absolute Gasteiger partial charge is 0.258 e. The summed E-state index contributed by atoms with van der Waals surface area (Å²) in [7, 11) is 0. The Balaban J connectivity index is 2.28. The zero-order valence-corrected chi connectivity index (χ0v) is 9.98. The minimum atomic E-state index is -0.393. The van der Waals surface area contributed by atoms with Crippen LogP contribution >= 0.6 is 11.6 Å². The number of carbonyl (C=O) groups excluding carboxylic acids is 1. The van der Waals surface area contributed by atoms with Crippen molar-refractivity contribution in [2.75, 3.05) is 5.32 Å². The predicted molar refractivity (Wildman–Crippen MR) is 68.4 cm³/mol. The van der Waals surface area contributed by atoms with E-state index in [2.05, 4.69) is 10.3 Å². The lowest BCUT2D eigenvalue weighted by Crippen LogP contribution is -2.13. The molecule has 0 atom stereocenters. The molecule has 1 heterocycles. The first-order valence-corrected chi connectivity index (χ1v) is 5.50. The fourth-order valence-corrected chi connectivity index (χ4v) is 1.61. The number of nitrogens with one attached hydrogen (secondary N) is 1. The largest absolute Gasteiger partial charge is 0.321 e. The van der Waals surface area contributed by atoms with E-state index in [9.17, 15) is 4.79 Å². The quantitative estimate of drug-likeness (QED) is 0.900. The summed E-state index contributed by atoms with van der Waals surface area (Å²) in [5, 5.41) is 11.9. The predicted octanol–water partition coefficient (Wildman–Crippen LogP) is 2.86. The molecule has 0 bridgehead atoms. The summed E-state index contributed by atoms with van der Waals surface area (Å²) in [6.07, 6.45) is 2.88. The SMILES string of the molecule is N#Cc1ccccc1NC(=O)c1cnccc1Cl. The van der Waals surface area contributed by atoms with Crippen LogP contribution in [-0.4, -0.2) is 10.9 Å². The van der Waals surface area contributed by atoms with E-state index < -0.39 is 5.91 Å². The Kier molecular flexibility index (Phi) is 3.56. The maximum absolute atomic E-state index is 12.0. The van der Waals surface area contributed by atoms with Gasteiger partial charge in [0, 0.05) is 12.4 Å². The molecule has 18 heavy (non-hydrogen) atoms. The number of rotatable bonds is 2. The Bertz CT molecular complexity index is 634. The second-order valence-electron chi connectivity index (χ2n) is 3.47. The van der Waals surface area contributed by atoms with Gasteiger partial charge in [0.05, 0.1) is 21.8 Å². The van der Waals surface area contributed by atoms with E-state index in [1.807, 2.05) is 6.07 Å². The van der Waals surface area contributed by atoms with Crippen molar-refractivity contribution < 1.29 is 4.79 Å². The summed E-state index contributed by atoms with van der Waals surface area (Å²) in [6.45, 7) is 0. The van der Waals surface area contributed by atoms with Gasteiger partial charge >= 0.3 is 0 Å². The number of anilines is 1. The third kappa shape index (κ3) is 2.47. The molecule has 2 rings (SSSR count). The Morgan fingerprint density at radius 2 is 2.11 bits per heavy atom. The zero-order valence-electron chi connectivity index (χ0n) is 9.22. The summed E-state index contributed by atoms with van der Waals surface area (Å²) < 4.78 is 0. The molecule has 88 valence electrons. The van der Waals surface area contributed by atoms with Crippen LogP contribution in [0.15, 0.2) is 42.7 Å². The zero-order chi connectivity index (χ0) is 13.0. The molecule has 4 nitrogen and oxygen atoms in total. The number of hydrogen-bond acceptors (Lipinski definition) is 3. The van der Waals surface area contributed by atoms with Crippen LogP contribution in [0.2, 0.25) is 5.02 Å². The standard InChI is InChI=1S/C13H8ClN3O/c14-11-5-6-16-8-10(11)13(18)17-12-4-2-1-3-9(12)7-15/h1-6,8H,(H,17,18). The van der Waals surface area contributed by atoms with Crippen molar-refractivity contribution >= 4 is 23.2 Å². The highest BCUT2D eigenvalue weighted by atomic mass is 35.5. The number of nitriles is 1. The van der Waals surface area contributed by atoms with Crippen LogP contribution in [0.25, 0.3) is 0 Å². The summed E-state index contributed by atoms with van der Waals surface area (Å²) in [6, 6.07) is 10.3. The highest BCUT2D eigenvalue weighted by molar-refractivity contribution is 6.34. The molecule has 0 saturated heterocycles. The van der Waals surface area contributed by atoms with Crippen molar-refractivity contribution in [1.82, 2.24) is 4.98 Å². The monoisotopic (exact) mass is 257 g/mol. The number of aromatic nitrogens is 1. The van der Waals surface area contributed by atoms with Crippen LogP contribution in [0.1, 0.15) is 15.9 Å². The van der Waals surface area contributed by atoms with Gasteiger partial charge in [0.2, 0.25) is 0 Å². The lowest BCUT2D eigenvalue weighted by Gasteiger charge is -2.07. The molecule has 0 aliphatic rings. The molecule has 0 saturated carbocycles. The molecule has 0 aliphatic carbocycles. The molecular formula is C13H8ClN3O. The minimum absolute atomic E-state index is 0.270. The lowest BCUT2D eigenvalue weighted by molar-refractivity contribution is 0.102. The van der Waals surface area contributed by atoms with E-state index in [0.29, 0.717) is 16.3 Å². The summed E-state index contributed by atoms with van der Waals surface area (Å²) in [5.74, 6) is -0.393. The van der Waals surface area contributed by atoms with Crippen molar-refractivity contribution in [3.8, 4) is 6.07 Å². The van der Waals surface area contributed by atoms with Crippen molar-refractivity contribution in [3.05, 3.63) is 58.9 Å². The molecule has 0 aliphatic heterocycles. The number of amides is 1. The van der Waals surface area contributed by atoms with Gasteiger partial charge in [-0.3, -0.25) is 9.78 Å². The van der Waals surface area contributed by atoms with Crippen LogP contribution in [0, 0.1) is 11.3 Å². The highest BCUT2D eigenvalue weighted by Gasteiger charge is 2.11. The van der Waals surface area contributed by atoms with E-state index in [1.165, 1.54) is 18.5 Å².